The van der Waals surface area contributed by atoms with E-state index < -0.39 is 0 Å². The van der Waals surface area contributed by atoms with Crippen molar-refractivity contribution >= 4 is 40.0 Å². The van der Waals surface area contributed by atoms with Gasteiger partial charge in [0.1, 0.15) is 12.1 Å². The van der Waals surface area contributed by atoms with E-state index in [9.17, 15) is 4.79 Å². The molecule has 0 bridgehead atoms. The third-order valence-corrected chi connectivity index (χ3v) is 3.49. The van der Waals surface area contributed by atoms with Crippen LogP contribution in [0.4, 0.5) is 0 Å². The van der Waals surface area contributed by atoms with E-state index in [0.717, 1.165) is 11.0 Å². The second-order valence-corrected chi connectivity index (χ2v) is 5.13. The van der Waals surface area contributed by atoms with Crippen molar-refractivity contribution in [2.24, 2.45) is 0 Å². The van der Waals surface area contributed by atoms with Gasteiger partial charge in [-0.2, -0.15) is 0 Å². The van der Waals surface area contributed by atoms with Crippen LogP contribution in [0.3, 0.4) is 0 Å². The smallest absolute Gasteiger partial charge is 0.185 e. The van der Waals surface area contributed by atoms with Gasteiger partial charge in [0.2, 0.25) is 0 Å². The third kappa shape index (κ3) is 2.40. The number of hydrogen-bond acceptors (Lipinski definition) is 3. The number of para-hydroxylation sites is 1. The highest BCUT2D eigenvalue weighted by atomic mass is 35.5. The molecule has 0 saturated heterocycles. The van der Waals surface area contributed by atoms with Gasteiger partial charge in [-0.15, -0.1) is 5.10 Å². The molecule has 0 radical (unpaired) electrons. The van der Waals surface area contributed by atoms with Crippen LogP contribution in [0.5, 0.6) is 0 Å². The van der Waals surface area contributed by atoms with E-state index in [1.54, 1.807) is 22.9 Å². The summed E-state index contributed by atoms with van der Waals surface area (Å²) in [6.45, 7) is 0.0852. The molecule has 0 atom stereocenters. The van der Waals surface area contributed by atoms with Crippen LogP contribution in [0.2, 0.25) is 10.0 Å². The molecular formula is C14H9Cl2N3O. The molecule has 2 aromatic carbocycles. The lowest BCUT2D eigenvalue weighted by atomic mass is 10.1. The molecule has 0 aliphatic rings. The second kappa shape index (κ2) is 5.23. The summed E-state index contributed by atoms with van der Waals surface area (Å²) in [7, 11) is 0. The van der Waals surface area contributed by atoms with Crippen LogP contribution in [0.15, 0.2) is 42.5 Å². The molecule has 0 fully saturated rings. The summed E-state index contributed by atoms with van der Waals surface area (Å²) in [5, 5.41) is 8.83. The summed E-state index contributed by atoms with van der Waals surface area (Å²) >= 11 is 11.9. The zero-order chi connectivity index (χ0) is 14.1. The maximum atomic E-state index is 12.3. The standard InChI is InChI=1S/C14H9Cl2N3O/c15-9-5-6-10(11(16)7-9)14(20)8-19-13-4-2-1-3-12(13)17-18-19/h1-7H,8H2. The largest absolute Gasteiger partial charge is 0.292 e. The Balaban J connectivity index is 1.92. The van der Waals surface area contributed by atoms with Crippen LogP contribution in [0.25, 0.3) is 11.0 Å². The van der Waals surface area contributed by atoms with Crippen LogP contribution in [0, 0.1) is 0 Å². The van der Waals surface area contributed by atoms with Crippen LogP contribution >= 0.6 is 23.2 Å². The topological polar surface area (TPSA) is 47.8 Å². The van der Waals surface area contributed by atoms with E-state index in [2.05, 4.69) is 10.3 Å². The van der Waals surface area contributed by atoms with E-state index in [4.69, 9.17) is 23.2 Å². The van der Waals surface area contributed by atoms with Gasteiger partial charge in [-0.1, -0.05) is 40.5 Å². The number of aromatic nitrogens is 3. The average Bonchev–Trinajstić information content (AvgIpc) is 2.82. The molecule has 0 N–H and O–H groups in total. The fraction of sp³-hybridized carbons (Fsp3) is 0.0714. The van der Waals surface area contributed by atoms with Crippen LogP contribution in [-0.4, -0.2) is 20.8 Å². The second-order valence-electron chi connectivity index (χ2n) is 4.28. The fourth-order valence-corrected chi connectivity index (χ4v) is 2.48. The molecule has 0 spiro atoms. The summed E-state index contributed by atoms with van der Waals surface area (Å²) in [5.41, 5.74) is 1.99. The first-order valence-corrected chi connectivity index (χ1v) is 6.67. The van der Waals surface area contributed by atoms with Crippen LogP contribution < -0.4 is 0 Å². The first-order valence-electron chi connectivity index (χ1n) is 5.91. The lowest BCUT2D eigenvalue weighted by Crippen LogP contribution is -2.12. The Bertz CT molecular complexity index is 798. The molecule has 0 saturated carbocycles. The maximum Gasteiger partial charge on any atom is 0.185 e. The van der Waals surface area contributed by atoms with Gasteiger partial charge in [0.25, 0.3) is 0 Å². The molecule has 6 heteroatoms. The molecule has 0 aliphatic carbocycles. The van der Waals surface area contributed by atoms with E-state index in [1.807, 2.05) is 24.3 Å². The highest BCUT2D eigenvalue weighted by Crippen LogP contribution is 2.22. The first-order chi connectivity index (χ1) is 9.65. The maximum absolute atomic E-state index is 12.3. The van der Waals surface area contributed by atoms with E-state index in [0.29, 0.717) is 15.6 Å². The summed E-state index contributed by atoms with van der Waals surface area (Å²) in [6, 6.07) is 12.3. The fourth-order valence-electron chi connectivity index (χ4n) is 1.97. The van der Waals surface area contributed by atoms with Crippen molar-refractivity contribution in [3.63, 3.8) is 0 Å². The molecule has 4 nitrogen and oxygen atoms in total. The van der Waals surface area contributed by atoms with Gasteiger partial charge in [0.05, 0.1) is 10.5 Å². The molecule has 3 aromatic rings. The SMILES string of the molecule is O=C(Cn1nnc2ccccc21)c1ccc(Cl)cc1Cl. The third-order valence-electron chi connectivity index (χ3n) is 2.95. The molecule has 3 rings (SSSR count). The monoisotopic (exact) mass is 305 g/mol. The predicted molar refractivity (Wildman–Crippen MR) is 78.3 cm³/mol. The number of rotatable bonds is 3. The van der Waals surface area contributed by atoms with Crippen molar-refractivity contribution in [2.45, 2.75) is 6.54 Å². The van der Waals surface area contributed by atoms with Gasteiger partial charge in [0, 0.05) is 10.6 Å². The van der Waals surface area contributed by atoms with Crippen molar-refractivity contribution in [1.29, 1.82) is 0 Å². The molecule has 0 aliphatic heterocycles. The number of ketones is 1. The molecule has 1 aromatic heterocycles. The number of Topliss-reactive ketones (excluding diaryl/α,β-unsaturated/α-hetero) is 1. The van der Waals surface area contributed by atoms with Crippen molar-refractivity contribution in [1.82, 2.24) is 15.0 Å². The van der Waals surface area contributed by atoms with Crippen molar-refractivity contribution < 1.29 is 4.79 Å². The number of fused-ring (bicyclic) bond motifs is 1. The minimum atomic E-state index is -0.137. The van der Waals surface area contributed by atoms with Crippen molar-refractivity contribution in [3.05, 3.63) is 58.1 Å². The Kier molecular flexibility index (Phi) is 3.42. The molecule has 0 amide bonds. The highest BCUT2D eigenvalue weighted by Gasteiger charge is 2.13. The molecule has 0 unspecified atom stereocenters. The van der Waals surface area contributed by atoms with E-state index in [1.165, 1.54) is 0 Å². The first kappa shape index (κ1) is 13.1. The number of halogens is 2. The minimum Gasteiger partial charge on any atom is -0.292 e. The van der Waals surface area contributed by atoms with Crippen molar-refractivity contribution in [3.8, 4) is 0 Å². The Hall–Kier alpha value is -1.91. The molecule has 100 valence electrons. The van der Waals surface area contributed by atoms with E-state index in [-0.39, 0.29) is 12.3 Å². The summed E-state index contributed by atoms with van der Waals surface area (Å²) in [4.78, 5) is 12.3. The Morgan fingerprint density at radius 1 is 1.15 bits per heavy atom. The number of benzene rings is 2. The van der Waals surface area contributed by atoms with Gasteiger partial charge in [-0.05, 0) is 30.3 Å². The normalized spacial score (nSPS) is 10.9. The molecule has 20 heavy (non-hydrogen) atoms. The molecule has 1 heterocycles. The average molecular weight is 306 g/mol. The quantitative estimate of drug-likeness (QED) is 0.694. The van der Waals surface area contributed by atoms with Gasteiger partial charge in [0.15, 0.2) is 5.78 Å². The predicted octanol–water partition coefficient (Wildman–Crippen LogP) is 3.62. The van der Waals surface area contributed by atoms with Gasteiger partial charge >= 0.3 is 0 Å². The Morgan fingerprint density at radius 3 is 2.75 bits per heavy atom. The summed E-state index contributed by atoms with van der Waals surface area (Å²) in [6.07, 6.45) is 0. The van der Waals surface area contributed by atoms with Crippen LogP contribution in [0.1, 0.15) is 10.4 Å². The lowest BCUT2D eigenvalue weighted by molar-refractivity contribution is 0.0968. The van der Waals surface area contributed by atoms with E-state index >= 15 is 0 Å². The van der Waals surface area contributed by atoms with Gasteiger partial charge < -0.3 is 0 Å². The zero-order valence-electron chi connectivity index (χ0n) is 10.3. The van der Waals surface area contributed by atoms with Gasteiger partial charge in [-0.3, -0.25) is 4.79 Å². The van der Waals surface area contributed by atoms with Crippen molar-refractivity contribution in [2.75, 3.05) is 0 Å². The highest BCUT2D eigenvalue weighted by molar-refractivity contribution is 6.36. The molecular weight excluding hydrogens is 297 g/mol. The Morgan fingerprint density at radius 2 is 1.95 bits per heavy atom. The van der Waals surface area contributed by atoms with Crippen LogP contribution in [-0.2, 0) is 6.54 Å². The number of carbonyl (C=O) groups is 1. The number of hydrogen-bond donors (Lipinski definition) is 0. The van der Waals surface area contributed by atoms with Gasteiger partial charge in [-0.25, -0.2) is 4.68 Å². The zero-order valence-corrected chi connectivity index (χ0v) is 11.8. The summed E-state index contributed by atoms with van der Waals surface area (Å²) in [5.74, 6) is -0.137. The summed E-state index contributed by atoms with van der Waals surface area (Å²) < 4.78 is 1.56. The lowest BCUT2D eigenvalue weighted by Gasteiger charge is -2.04. The Labute approximate surface area is 124 Å². The number of nitrogens with zero attached hydrogens (tertiary/aromatic N) is 3. The minimum absolute atomic E-state index is 0.0852. The number of carbonyl (C=O) groups excluding carboxylic acids is 1.